The molecule has 19 heteroatoms. The lowest BCUT2D eigenvalue weighted by Crippen LogP contribution is -2.30. The predicted molar refractivity (Wildman–Crippen MR) is 408 cm³/mol. The minimum atomic E-state index is -4.99. The van der Waals surface area contributed by atoms with Crippen molar-refractivity contribution < 1.29 is 80.2 Å². The molecule has 576 valence electrons. The number of unbranched alkanes of at least 4 members (excludes halogenated alkanes) is 29. The molecule has 0 radical (unpaired) electrons. The van der Waals surface area contributed by atoms with Gasteiger partial charge in [0.15, 0.2) is 12.2 Å². The highest BCUT2D eigenvalue weighted by molar-refractivity contribution is 7.47. The molecule has 0 aromatic rings. The number of carbonyl (C=O) groups is 4. The molecule has 3 N–H and O–H groups in total. The Balaban J connectivity index is 5.41. The lowest BCUT2D eigenvalue weighted by Gasteiger charge is -2.21. The smallest absolute Gasteiger partial charge is 0.462 e. The van der Waals surface area contributed by atoms with Crippen LogP contribution in [0.2, 0.25) is 0 Å². The fourth-order valence-corrected chi connectivity index (χ4v) is 11.9. The molecule has 0 aromatic heterocycles. The molecule has 0 amide bonds. The fraction of sp³-hybridized carbons (Fsp3) is 0.728. The summed E-state index contributed by atoms with van der Waals surface area (Å²) in [5.74, 6) is -2.25. The highest BCUT2D eigenvalue weighted by Gasteiger charge is 2.30. The molecule has 0 spiro atoms. The summed E-state index contributed by atoms with van der Waals surface area (Å²) < 4.78 is 68.5. The van der Waals surface area contributed by atoms with Crippen molar-refractivity contribution in [1.82, 2.24) is 0 Å². The topological polar surface area (TPSA) is 237 Å². The second kappa shape index (κ2) is 73.0. The summed E-state index contributed by atoms with van der Waals surface area (Å²) in [6, 6.07) is 0. The van der Waals surface area contributed by atoms with Crippen LogP contribution in [0.15, 0.2) is 109 Å². The van der Waals surface area contributed by atoms with Gasteiger partial charge < -0.3 is 33.8 Å². The molecule has 5 atom stereocenters. The maximum atomic E-state index is 13.1. The van der Waals surface area contributed by atoms with Crippen molar-refractivity contribution in [2.75, 3.05) is 39.6 Å². The molecule has 0 fully saturated rings. The minimum absolute atomic E-state index is 0.0749. The summed E-state index contributed by atoms with van der Waals surface area (Å²) in [6.07, 6.45) is 77.9. The van der Waals surface area contributed by atoms with E-state index < -0.39 is 97.5 Å². The van der Waals surface area contributed by atoms with E-state index in [0.29, 0.717) is 25.7 Å². The van der Waals surface area contributed by atoms with Crippen LogP contribution in [0.4, 0.5) is 0 Å². The second-order valence-electron chi connectivity index (χ2n) is 25.9. The number of hydrogen-bond donors (Lipinski definition) is 3. The molecule has 0 aromatic carbocycles. The van der Waals surface area contributed by atoms with Gasteiger partial charge in [0, 0.05) is 25.7 Å². The van der Waals surface area contributed by atoms with Gasteiger partial charge in [-0.2, -0.15) is 0 Å². The summed E-state index contributed by atoms with van der Waals surface area (Å²) in [7, 11) is -9.97. The number of ether oxygens (including phenoxy) is 4. The Kier molecular flexibility index (Phi) is 69.9. The van der Waals surface area contributed by atoms with Gasteiger partial charge >= 0.3 is 39.5 Å². The standard InChI is InChI=1S/C81H140O17P2/c1-5-9-13-17-21-25-29-33-37-41-45-49-53-57-61-65-78(83)91-71-76(97-80(85)67-63-59-55-51-47-43-39-35-31-27-23-19-15-11-7-3)73-95-99(87,88)93-69-75(82)70-94-100(89,90)96-74-77(98-81(86)68-64-60-56-52-48-44-40-36-32-28-24-20-16-12-8-4)72-92-79(84)66-62-58-54-50-46-42-38-34-30-26-22-18-14-10-6-2/h9-10,13-14,21-22,25-26,33-40,45,49,75-77,82H,5-8,11-12,15-20,23-24,27-32,41-44,46-48,50-74H2,1-4H3,(H,87,88)(H,89,90)/b13-9-,14-10-,25-21-,26-22-,37-33-,38-34-,39-35-,40-36-,49-45-. The van der Waals surface area contributed by atoms with Crippen LogP contribution >= 0.6 is 15.6 Å². The molecule has 0 bridgehead atoms. The summed E-state index contributed by atoms with van der Waals surface area (Å²) in [6.45, 7) is 4.57. The van der Waals surface area contributed by atoms with E-state index in [1.165, 1.54) is 77.0 Å². The number of hydrogen-bond acceptors (Lipinski definition) is 15. The Morgan fingerprint density at radius 1 is 0.290 bits per heavy atom. The third-order valence-electron chi connectivity index (χ3n) is 16.2. The molecule has 0 aliphatic rings. The zero-order valence-electron chi connectivity index (χ0n) is 62.8. The predicted octanol–water partition coefficient (Wildman–Crippen LogP) is 22.6. The van der Waals surface area contributed by atoms with Crippen LogP contribution in [0.5, 0.6) is 0 Å². The number of phosphoric acid groups is 2. The first-order valence-corrected chi connectivity index (χ1v) is 42.1. The molecule has 0 heterocycles. The summed E-state index contributed by atoms with van der Waals surface area (Å²) in [4.78, 5) is 72.9. The van der Waals surface area contributed by atoms with Crippen molar-refractivity contribution in [2.45, 2.75) is 341 Å². The lowest BCUT2D eigenvalue weighted by molar-refractivity contribution is -0.161. The molecular weight excluding hydrogens is 1310 g/mol. The number of rotatable bonds is 73. The van der Waals surface area contributed by atoms with Crippen LogP contribution in [-0.2, 0) is 65.4 Å². The van der Waals surface area contributed by atoms with E-state index in [4.69, 9.17) is 37.0 Å². The number of aliphatic hydroxyl groups excluding tert-OH is 1. The van der Waals surface area contributed by atoms with Crippen molar-refractivity contribution in [3.8, 4) is 0 Å². The Labute approximate surface area is 607 Å². The first-order chi connectivity index (χ1) is 48.7. The van der Waals surface area contributed by atoms with Gasteiger partial charge in [-0.1, -0.05) is 259 Å². The second-order valence-corrected chi connectivity index (χ2v) is 28.8. The molecule has 0 saturated carbocycles. The summed E-state index contributed by atoms with van der Waals surface area (Å²) >= 11 is 0. The highest BCUT2D eigenvalue weighted by atomic mass is 31.2. The van der Waals surface area contributed by atoms with E-state index in [2.05, 4.69) is 137 Å². The maximum absolute atomic E-state index is 13.1. The van der Waals surface area contributed by atoms with Crippen molar-refractivity contribution in [3.05, 3.63) is 109 Å². The number of phosphoric ester groups is 2. The van der Waals surface area contributed by atoms with E-state index in [1.54, 1.807) is 0 Å². The zero-order chi connectivity index (χ0) is 73.2. The normalized spacial score (nSPS) is 14.5. The number of allylic oxidation sites excluding steroid dienone is 18. The zero-order valence-corrected chi connectivity index (χ0v) is 64.6. The van der Waals surface area contributed by atoms with Gasteiger partial charge in [0.2, 0.25) is 0 Å². The van der Waals surface area contributed by atoms with Crippen LogP contribution in [0.3, 0.4) is 0 Å². The molecular formula is C81H140O17P2. The first-order valence-electron chi connectivity index (χ1n) is 39.1. The molecule has 0 aliphatic heterocycles. The first kappa shape index (κ1) is 95.7. The van der Waals surface area contributed by atoms with Crippen molar-refractivity contribution in [2.24, 2.45) is 0 Å². The van der Waals surface area contributed by atoms with Gasteiger partial charge in [-0.25, -0.2) is 9.13 Å². The van der Waals surface area contributed by atoms with Crippen LogP contribution in [-0.4, -0.2) is 96.7 Å². The van der Waals surface area contributed by atoms with Crippen LogP contribution < -0.4 is 0 Å². The summed E-state index contributed by atoms with van der Waals surface area (Å²) in [5.41, 5.74) is 0. The SMILES string of the molecule is CC/C=C\C/C=C\C/C=C\C/C=C\CCCCC(=O)OCC(COP(=O)(O)OCC(O)COP(=O)(O)OCC(COC(=O)CCCCCCC/C=C\C/C=C\C/C=C\CC)OC(=O)CCCCCCC/C=C\CCCCCCCC)OC(=O)CCCCCCC/C=C\CCCCCCCC. The van der Waals surface area contributed by atoms with Crippen molar-refractivity contribution >= 4 is 39.5 Å². The summed E-state index contributed by atoms with van der Waals surface area (Å²) in [5, 5.41) is 10.6. The maximum Gasteiger partial charge on any atom is 0.472 e. The van der Waals surface area contributed by atoms with E-state index in [-0.39, 0.29) is 25.7 Å². The van der Waals surface area contributed by atoms with E-state index in [1.807, 2.05) is 0 Å². The van der Waals surface area contributed by atoms with Gasteiger partial charge in [0.05, 0.1) is 26.4 Å². The third kappa shape index (κ3) is 72.1. The Bertz CT molecular complexity index is 2320. The van der Waals surface area contributed by atoms with Crippen LogP contribution in [0.1, 0.15) is 323 Å². The Morgan fingerprint density at radius 3 is 0.830 bits per heavy atom. The van der Waals surface area contributed by atoms with Crippen molar-refractivity contribution in [1.29, 1.82) is 0 Å². The van der Waals surface area contributed by atoms with E-state index >= 15 is 0 Å². The number of esters is 4. The molecule has 17 nitrogen and oxygen atoms in total. The average Bonchev–Trinajstić information content (AvgIpc) is 1.01. The van der Waals surface area contributed by atoms with Gasteiger partial charge in [-0.3, -0.25) is 37.3 Å². The van der Waals surface area contributed by atoms with Gasteiger partial charge in [-0.15, -0.1) is 0 Å². The largest absolute Gasteiger partial charge is 0.472 e. The van der Waals surface area contributed by atoms with E-state index in [9.17, 15) is 43.2 Å². The molecule has 5 unspecified atom stereocenters. The fourth-order valence-electron chi connectivity index (χ4n) is 10.3. The number of aliphatic hydroxyl groups is 1. The van der Waals surface area contributed by atoms with Crippen molar-refractivity contribution in [3.63, 3.8) is 0 Å². The molecule has 100 heavy (non-hydrogen) atoms. The average molecular weight is 1450 g/mol. The lowest BCUT2D eigenvalue weighted by atomic mass is 10.1. The van der Waals surface area contributed by atoms with Gasteiger partial charge in [0.25, 0.3) is 0 Å². The molecule has 0 rings (SSSR count). The molecule has 0 aliphatic carbocycles. The van der Waals surface area contributed by atoms with Crippen LogP contribution in [0.25, 0.3) is 0 Å². The third-order valence-corrected chi connectivity index (χ3v) is 18.1. The Morgan fingerprint density at radius 2 is 0.520 bits per heavy atom. The van der Waals surface area contributed by atoms with Crippen LogP contribution in [0, 0.1) is 0 Å². The highest BCUT2D eigenvalue weighted by Crippen LogP contribution is 2.45. The van der Waals surface area contributed by atoms with E-state index in [0.717, 1.165) is 167 Å². The minimum Gasteiger partial charge on any atom is -0.462 e. The number of carbonyl (C=O) groups excluding carboxylic acids is 4. The Hall–Kier alpha value is -4.28. The van der Waals surface area contributed by atoms with Gasteiger partial charge in [-0.05, 0) is 148 Å². The molecule has 0 saturated heterocycles. The van der Waals surface area contributed by atoms with Gasteiger partial charge in [0.1, 0.15) is 19.3 Å². The monoisotopic (exact) mass is 1450 g/mol. The quantitative estimate of drug-likeness (QED) is 0.0169.